The van der Waals surface area contributed by atoms with Crippen molar-refractivity contribution in [1.29, 1.82) is 0 Å². The van der Waals surface area contributed by atoms with Crippen molar-refractivity contribution in [2.24, 2.45) is 5.92 Å². The van der Waals surface area contributed by atoms with Crippen LogP contribution in [0.2, 0.25) is 0 Å². The van der Waals surface area contributed by atoms with Gasteiger partial charge in [-0.3, -0.25) is 0 Å². The van der Waals surface area contributed by atoms with Crippen molar-refractivity contribution >= 4 is 17.6 Å². The summed E-state index contributed by atoms with van der Waals surface area (Å²) in [6.45, 7) is 0. The van der Waals surface area contributed by atoms with Crippen molar-refractivity contribution in [3.05, 3.63) is 23.3 Å². The molecule has 4 heteroatoms. The van der Waals surface area contributed by atoms with Gasteiger partial charge in [-0.1, -0.05) is 12.2 Å². The van der Waals surface area contributed by atoms with Crippen LogP contribution in [-0.2, 0) is 12.8 Å². The van der Waals surface area contributed by atoms with E-state index in [1.165, 1.54) is 11.1 Å². The van der Waals surface area contributed by atoms with Gasteiger partial charge in [-0.25, -0.2) is 0 Å². The largest absolute Gasteiger partial charge is 0.496 e. The minimum Gasteiger partial charge on any atom is -0.496 e. The van der Waals surface area contributed by atoms with Crippen LogP contribution in [0.4, 0.5) is 0 Å². The fourth-order valence-electron chi connectivity index (χ4n) is 2.69. The van der Waals surface area contributed by atoms with E-state index in [2.05, 4.69) is 5.32 Å². The summed E-state index contributed by atoms with van der Waals surface area (Å²) in [5, 5.41) is 5.20. The van der Waals surface area contributed by atoms with Gasteiger partial charge in [0.2, 0.25) is 0 Å². The predicted octanol–water partition coefficient (Wildman–Crippen LogP) is 2.01. The number of thiocarbonyl (C=S) groups is 1. The van der Waals surface area contributed by atoms with Gasteiger partial charge in [-0.15, -0.1) is 0 Å². The quantitative estimate of drug-likeness (QED) is 0.844. The van der Waals surface area contributed by atoms with Gasteiger partial charge in [-0.2, -0.15) is 0 Å². The number of fused-ring (bicyclic) bond motifs is 1. The number of methoxy groups -OCH3 is 2. The minimum atomic E-state index is 0.360. The highest BCUT2D eigenvalue weighted by molar-refractivity contribution is 7.79. The molecule has 1 aromatic rings. The third-order valence-corrected chi connectivity index (χ3v) is 4.06. The molecule has 1 aromatic carbocycles. The summed E-state index contributed by atoms with van der Waals surface area (Å²) in [5.41, 5.74) is 2.47. The first-order valence-corrected chi connectivity index (χ1v) is 6.57. The van der Waals surface area contributed by atoms with Gasteiger partial charge in [0.15, 0.2) is 0 Å². The number of hydrogen-bond acceptors (Lipinski definition) is 4. The second-order valence-corrected chi connectivity index (χ2v) is 4.80. The average Bonchev–Trinajstić information content (AvgIpc) is 2.44. The molecule has 18 heavy (non-hydrogen) atoms. The van der Waals surface area contributed by atoms with Crippen LogP contribution in [0, 0.1) is 5.92 Å². The van der Waals surface area contributed by atoms with Crippen LogP contribution in [0.15, 0.2) is 12.1 Å². The molecular weight excluding hydrogens is 246 g/mol. The number of likely N-dealkylation sites (N-methyl/N-ethyl adjacent to an activating group) is 1. The lowest BCUT2D eigenvalue weighted by Gasteiger charge is -2.32. The van der Waals surface area contributed by atoms with Crippen LogP contribution in [0.25, 0.3) is 0 Å². The molecule has 1 aliphatic rings. The van der Waals surface area contributed by atoms with Crippen molar-refractivity contribution in [1.82, 2.24) is 5.32 Å². The number of nitrogens with one attached hydrogen (secondary N) is 1. The number of rotatable bonds is 4. The van der Waals surface area contributed by atoms with Crippen LogP contribution in [0.5, 0.6) is 11.5 Å². The highest BCUT2D eigenvalue weighted by Crippen LogP contribution is 2.37. The molecule has 98 valence electrons. The van der Waals surface area contributed by atoms with Gasteiger partial charge >= 0.3 is 0 Å². The summed E-state index contributed by atoms with van der Waals surface area (Å²) in [6, 6.07) is 4.32. The van der Waals surface area contributed by atoms with E-state index in [0.717, 1.165) is 24.3 Å². The minimum absolute atomic E-state index is 0.360. The third-order valence-electron chi connectivity index (χ3n) is 3.71. The first kappa shape index (κ1) is 13.3. The maximum absolute atomic E-state index is 5.45. The van der Waals surface area contributed by atoms with E-state index in [4.69, 9.17) is 21.7 Å². The Labute approximate surface area is 113 Å². The Bertz CT molecular complexity index is 448. The van der Waals surface area contributed by atoms with Crippen LogP contribution in [-0.4, -0.2) is 32.7 Å². The van der Waals surface area contributed by atoms with Gasteiger partial charge in [0.1, 0.15) is 11.5 Å². The molecule has 0 fully saturated rings. The van der Waals surface area contributed by atoms with E-state index in [1.807, 2.05) is 24.5 Å². The van der Waals surface area contributed by atoms with Crippen molar-refractivity contribution in [2.45, 2.75) is 18.9 Å². The SMILES string of the molecule is CNC1Cc2c(OC)ccc(OC)c2CC1C=S. The smallest absolute Gasteiger partial charge is 0.122 e. The molecule has 0 aliphatic heterocycles. The lowest BCUT2D eigenvalue weighted by atomic mass is 9.80. The summed E-state index contributed by atoms with van der Waals surface area (Å²) < 4.78 is 10.9. The maximum atomic E-state index is 5.45. The molecule has 0 aromatic heterocycles. The van der Waals surface area contributed by atoms with E-state index < -0.39 is 0 Å². The molecule has 0 saturated heterocycles. The van der Waals surface area contributed by atoms with Crippen LogP contribution in [0.3, 0.4) is 0 Å². The summed E-state index contributed by atoms with van der Waals surface area (Å²) in [7, 11) is 5.40. The second-order valence-electron chi connectivity index (χ2n) is 4.53. The average molecular weight is 265 g/mol. The molecule has 0 bridgehead atoms. The Morgan fingerprint density at radius 1 is 1.17 bits per heavy atom. The zero-order chi connectivity index (χ0) is 13.1. The standard InChI is InChI=1S/C14H19NO2S/c1-15-12-7-11-10(6-9(12)8-18)13(16-2)4-5-14(11)17-3/h4-5,8-9,12,15H,6-7H2,1-3H3. The van der Waals surface area contributed by atoms with E-state index in [-0.39, 0.29) is 0 Å². The molecule has 0 heterocycles. The number of benzene rings is 1. The van der Waals surface area contributed by atoms with E-state index in [1.54, 1.807) is 14.2 Å². The Morgan fingerprint density at radius 2 is 1.72 bits per heavy atom. The van der Waals surface area contributed by atoms with E-state index in [0.29, 0.717) is 12.0 Å². The molecule has 1 N–H and O–H groups in total. The normalized spacial score (nSPS) is 22.2. The summed E-state index contributed by atoms with van der Waals surface area (Å²) >= 11 is 5.15. The van der Waals surface area contributed by atoms with Crippen molar-refractivity contribution < 1.29 is 9.47 Å². The van der Waals surface area contributed by atoms with E-state index >= 15 is 0 Å². The van der Waals surface area contributed by atoms with Gasteiger partial charge in [-0.05, 0) is 37.4 Å². The van der Waals surface area contributed by atoms with Crippen molar-refractivity contribution in [3.63, 3.8) is 0 Å². The molecule has 0 amide bonds. The molecule has 3 nitrogen and oxygen atoms in total. The van der Waals surface area contributed by atoms with Gasteiger partial charge in [0, 0.05) is 23.1 Å². The number of ether oxygens (including phenoxy) is 2. The molecule has 0 saturated carbocycles. The lowest BCUT2D eigenvalue weighted by molar-refractivity contribution is 0.368. The molecule has 0 radical (unpaired) electrons. The molecule has 2 atom stereocenters. The van der Waals surface area contributed by atoms with Crippen LogP contribution >= 0.6 is 12.2 Å². The lowest BCUT2D eigenvalue weighted by Crippen LogP contribution is -2.40. The summed E-state index contributed by atoms with van der Waals surface area (Å²) in [4.78, 5) is 0. The van der Waals surface area contributed by atoms with Gasteiger partial charge in [0.25, 0.3) is 0 Å². The summed E-state index contributed by atoms with van der Waals surface area (Å²) in [5.74, 6) is 2.23. The fourth-order valence-corrected chi connectivity index (χ4v) is 2.97. The zero-order valence-electron chi connectivity index (χ0n) is 11.0. The Kier molecular flexibility index (Phi) is 4.19. The summed E-state index contributed by atoms with van der Waals surface area (Å²) in [6.07, 6.45) is 1.83. The molecule has 2 unspecified atom stereocenters. The Morgan fingerprint density at radius 3 is 2.17 bits per heavy atom. The Balaban J connectivity index is 2.48. The topological polar surface area (TPSA) is 30.5 Å². The highest BCUT2D eigenvalue weighted by atomic mass is 32.1. The second kappa shape index (κ2) is 5.67. The van der Waals surface area contributed by atoms with Crippen molar-refractivity contribution in [2.75, 3.05) is 21.3 Å². The van der Waals surface area contributed by atoms with Crippen LogP contribution in [0.1, 0.15) is 11.1 Å². The first-order valence-electron chi connectivity index (χ1n) is 6.10. The predicted molar refractivity (Wildman–Crippen MR) is 76.9 cm³/mol. The number of hydrogen-bond donors (Lipinski definition) is 1. The first-order chi connectivity index (χ1) is 8.74. The van der Waals surface area contributed by atoms with E-state index in [9.17, 15) is 0 Å². The third kappa shape index (κ3) is 2.22. The molecule has 1 aliphatic carbocycles. The zero-order valence-corrected chi connectivity index (χ0v) is 11.8. The molecule has 0 spiro atoms. The maximum Gasteiger partial charge on any atom is 0.122 e. The monoisotopic (exact) mass is 265 g/mol. The fraction of sp³-hybridized carbons (Fsp3) is 0.500. The highest BCUT2D eigenvalue weighted by Gasteiger charge is 2.30. The van der Waals surface area contributed by atoms with Crippen LogP contribution < -0.4 is 14.8 Å². The molecular formula is C14H19NO2S. The molecule has 2 rings (SSSR count). The Hall–Kier alpha value is -1.13. The van der Waals surface area contributed by atoms with Gasteiger partial charge in [0.05, 0.1) is 14.2 Å². The van der Waals surface area contributed by atoms with Crippen molar-refractivity contribution in [3.8, 4) is 11.5 Å². The van der Waals surface area contributed by atoms with Gasteiger partial charge < -0.3 is 14.8 Å².